The van der Waals surface area contributed by atoms with Gasteiger partial charge in [-0.05, 0) is 68.5 Å². The number of carbonyl (C=O) groups is 2. The summed E-state index contributed by atoms with van der Waals surface area (Å²) in [5, 5.41) is -0.518. The van der Waals surface area contributed by atoms with Crippen molar-refractivity contribution >= 4 is 28.7 Å². The lowest BCUT2D eigenvalue weighted by Crippen LogP contribution is -2.29. The van der Waals surface area contributed by atoms with Crippen LogP contribution >= 0.6 is 11.8 Å². The molecular weight excluding hydrogens is 398 g/mol. The van der Waals surface area contributed by atoms with Gasteiger partial charge in [-0.2, -0.15) is 0 Å². The van der Waals surface area contributed by atoms with Crippen molar-refractivity contribution in [1.82, 2.24) is 9.88 Å². The molecule has 2 amide bonds. The molecule has 30 heavy (non-hydrogen) atoms. The minimum atomic E-state index is -0.341. The zero-order chi connectivity index (χ0) is 21.8. The van der Waals surface area contributed by atoms with E-state index in [4.69, 9.17) is 4.74 Å². The molecule has 1 aromatic heterocycles. The second-order valence-electron chi connectivity index (χ2n) is 7.52. The number of aryl methyl sites for hydroxylation is 1. The fourth-order valence-corrected chi connectivity index (χ4v) is 4.62. The van der Waals surface area contributed by atoms with Crippen LogP contribution in [-0.4, -0.2) is 53.0 Å². The number of rotatable bonds is 8. The van der Waals surface area contributed by atoms with E-state index in [0.717, 1.165) is 58.7 Å². The molecular formula is C23H29N3O3S. The topological polar surface area (TPSA) is 62.7 Å². The van der Waals surface area contributed by atoms with Crippen LogP contribution in [0.15, 0.2) is 30.5 Å². The number of carbonyl (C=O) groups excluding carboxylic acids is 2. The van der Waals surface area contributed by atoms with Gasteiger partial charge >= 0.3 is 0 Å². The molecule has 1 fully saturated rings. The van der Waals surface area contributed by atoms with Gasteiger partial charge in [0, 0.05) is 19.8 Å². The molecule has 1 unspecified atom stereocenters. The van der Waals surface area contributed by atoms with Crippen LogP contribution in [0.5, 0.6) is 5.75 Å². The molecule has 0 spiro atoms. The molecule has 0 N–H and O–H groups in total. The maximum absolute atomic E-state index is 12.2. The number of benzene rings is 1. The van der Waals surface area contributed by atoms with Gasteiger partial charge in [0.1, 0.15) is 18.2 Å². The van der Waals surface area contributed by atoms with E-state index >= 15 is 0 Å². The van der Waals surface area contributed by atoms with E-state index in [1.54, 1.807) is 7.05 Å². The predicted molar refractivity (Wildman–Crippen MR) is 122 cm³/mol. The van der Waals surface area contributed by atoms with Gasteiger partial charge in [-0.3, -0.25) is 14.5 Å². The SMILES string of the molecule is CCN(CCOc1ccc(CC2SC(=O)N(C)C2=O)c(C)c1C)c1ncccc1C. The molecule has 0 saturated carbocycles. The lowest BCUT2D eigenvalue weighted by atomic mass is 9.98. The van der Waals surface area contributed by atoms with Crippen LogP contribution in [-0.2, 0) is 11.2 Å². The molecule has 160 valence electrons. The summed E-state index contributed by atoms with van der Waals surface area (Å²) in [7, 11) is 1.54. The Morgan fingerprint density at radius 1 is 1.17 bits per heavy atom. The average Bonchev–Trinajstić information content (AvgIpc) is 2.97. The van der Waals surface area contributed by atoms with Crippen molar-refractivity contribution in [2.24, 2.45) is 0 Å². The Morgan fingerprint density at radius 2 is 1.93 bits per heavy atom. The first-order chi connectivity index (χ1) is 14.3. The van der Waals surface area contributed by atoms with Gasteiger partial charge in [-0.15, -0.1) is 0 Å². The van der Waals surface area contributed by atoms with E-state index < -0.39 is 0 Å². The van der Waals surface area contributed by atoms with Crippen molar-refractivity contribution in [2.75, 3.05) is 31.6 Å². The van der Waals surface area contributed by atoms with Gasteiger partial charge in [0.2, 0.25) is 5.91 Å². The molecule has 0 radical (unpaired) electrons. The molecule has 2 heterocycles. The zero-order valence-corrected chi connectivity index (χ0v) is 19.1. The van der Waals surface area contributed by atoms with Crippen LogP contribution in [0.2, 0.25) is 0 Å². The number of anilines is 1. The zero-order valence-electron chi connectivity index (χ0n) is 18.3. The third-order valence-corrected chi connectivity index (χ3v) is 6.79. The largest absolute Gasteiger partial charge is 0.491 e. The Hall–Kier alpha value is -2.54. The number of nitrogens with zero attached hydrogens (tertiary/aromatic N) is 3. The molecule has 6 nitrogen and oxygen atoms in total. The Morgan fingerprint density at radius 3 is 2.57 bits per heavy atom. The van der Waals surface area contributed by atoms with Crippen molar-refractivity contribution in [3.05, 3.63) is 52.7 Å². The van der Waals surface area contributed by atoms with Crippen LogP contribution in [0.25, 0.3) is 0 Å². The fraction of sp³-hybridized carbons (Fsp3) is 0.435. The Kier molecular flexibility index (Phi) is 7.02. The summed E-state index contributed by atoms with van der Waals surface area (Å²) in [5.41, 5.74) is 4.41. The first-order valence-corrected chi connectivity index (χ1v) is 11.1. The highest BCUT2D eigenvalue weighted by molar-refractivity contribution is 8.15. The molecule has 2 aromatic rings. The summed E-state index contributed by atoms with van der Waals surface area (Å²) in [6.07, 6.45) is 2.37. The minimum Gasteiger partial charge on any atom is -0.491 e. The summed E-state index contributed by atoms with van der Waals surface area (Å²) < 4.78 is 6.09. The van der Waals surface area contributed by atoms with Crippen molar-refractivity contribution < 1.29 is 14.3 Å². The first-order valence-electron chi connectivity index (χ1n) is 10.2. The average molecular weight is 428 g/mol. The van der Waals surface area contributed by atoms with Gasteiger partial charge < -0.3 is 9.64 Å². The summed E-state index contributed by atoms with van der Waals surface area (Å²) in [4.78, 5) is 31.9. The molecule has 0 bridgehead atoms. The highest BCUT2D eigenvalue weighted by Gasteiger charge is 2.37. The van der Waals surface area contributed by atoms with E-state index in [-0.39, 0.29) is 16.4 Å². The van der Waals surface area contributed by atoms with Gasteiger partial charge in [0.05, 0.1) is 11.8 Å². The monoisotopic (exact) mass is 427 g/mol. The number of aromatic nitrogens is 1. The Labute approximate surface area is 182 Å². The highest BCUT2D eigenvalue weighted by Crippen LogP contribution is 2.31. The van der Waals surface area contributed by atoms with Crippen molar-refractivity contribution in [1.29, 1.82) is 0 Å². The standard InChI is InChI=1S/C23H29N3O3S/c1-6-26(21-15(2)8-7-11-24-21)12-13-29-19-10-9-18(16(3)17(19)4)14-20-22(27)25(5)23(28)30-20/h7-11,20H,6,12-14H2,1-5H3. The van der Waals surface area contributed by atoms with Crippen molar-refractivity contribution in [3.8, 4) is 5.75 Å². The van der Waals surface area contributed by atoms with E-state index in [9.17, 15) is 9.59 Å². The molecule has 1 atom stereocenters. The Bertz CT molecular complexity index is 947. The summed E-state index contributed by atoms with van der Waals surface area (Å²) in [5.74, 6) is 1.72. The van der Waals surface area contributed by atoms with Gasteiger partial charge in [-0.25, -0.2) is 4.98 Å². The van der Waals surface area contributed by atoms with E-state index in [0.29, 0.717) is 13.0 Å². The number of likely N-dealkylation sites (N-methyl/N-ethyl adjacent to an activating group) is 1. The number of thioether (sulfide) groups is 1. The lowest BCUT2D eigenvalue weighted by Gasteiger charge is -2.24. The second-order valence-corrected chi connectivity index (χ2v) is 8.67. The van der Waals surface area contributed by atoms with Crippen LogP contribution in [0.4, 0.5) is 10.6 Å². The lowest BCUT2D eigenvalue weighted by molar-refractivity contribution is -0.125. The number of imide groups is 1. The first kappa shape index (κ1) is 22.2. The maximum Gasteiger partial charge on any atom is 0.288 e. The number of pyridine rings is 1. The molecule has 3 rings (SSSR count). The number of ether oxygens (including phenoxy) is 1. The van der Waals surface area contributed by atoms with Crippen LogP contribution in [0, 0.1) is 20.8 Å². The number of hydrogen-bond acceptors (Lipinski definition) is 6. The molecule has 0 aliphatic carbocycles. The smallest absolute Gasteiger partial charge is 0.288 e. The molecule has 7 heteroatoms. The summed E-state index contributed by atoms with van der Waals surface area (Å²) >= 11 is 1.11. The molecule has 1 saturated heterocycles. The van der Waals surface area contributed by atoms with E-state index in [2.05, 4.69) is 29.8 Å². The second kappa shape index (κ2) is 9.51. The molecule has 1 aliphatic heterocycles. The third-order valence-electron chi connectivity index (χ3n) is 5.66. The van der Waals surface area contributed by atoms with Gasteiger partial charge in [0.15, 0.2) is 0 Å². The van der Waals surface area contributed by atoms with E-state index in [1.807, 2.05) is 38.2 Å². The quantitative estimate of drug-likeness (QED) is 0.631. The van der Waals surface area contributed by atoms with Crippen molar-refractivity contribution in [3.63, 3.8) is 0 Å². The maximum atomic E-state index is 12.2. The summed E-state index contributed by atoms with van der Waals surface area (Å²) in [6.45, 7) is 10.4. The molecule has 1 aliphatic rings. The Balaban J connectivity index is 1.64. The third kappa shape index (κ3) is 4.61. The molecule has 1 aromatic carbocycles. The van der Waals surface area contributed by atoms with Gasteiger partial charge in [-0.1, -0.05) is 23.9 Å². The highest BCUT2D eigenvalue weighted by atomic mass is 32.2. The normalized spacial score (nSPS) is 16.3. The predicted octanol–water partition coefficient (Wildman–Crippen LogP) is 4.15. The number of amides is 2. The van der Waals surface area contributed by atoms with Crippen molar-refractivity contribution in [2.45, 2.75) is 39.4 Å². The van der Waals surface area contributed by atoms with Gasteiger partial charge in [0.25, 0.3) is 5.24 Å². The van der Waals surface area contributed by atoms with Crippen LogP contribution < -0.4 is 9.64 Å². The van der Waals surface area contributed by atoms with E-state index in [1.165, 1.54) is 4.90 Å². The summed E-state index contributed by atoms with van der Waals surface area (Å²) in [6, 6.07) is 7.99. The van der Waals surface area contributed by atoms with Crippen LogP contribution in [0.1, 0.15) is 29.2 Å². The number of hydrogen-bond donors (Lipinski definition) is 0. The van der Waals surface area contributed by atoms with Crippen LogP contribution in [0.3, 0.4) is 0 Å². The minimum absolute atomic E-state index is 0.119. The fourth-order valence-electron chi connectivity index (χ4n) is 3.60.